The van der Waals surface area contributed by atoms with Gasteiger partial charge in [-0.05, 0) is 49.3 Å². The quantitative estimate of drug-likeness (QED) is 0.884. The van der Waals surface area contributed by atoms with E-state index in [1.165, 1.54) is 24.2 Å². The third kappa shape index (κ3) is 4.06. The average molecular weight is 304 g/mol. The molecular weight excluding hydrogens is 285 g/mol. The monoisotopic (exact) mass is 303 g/mol. The molecule has 0 aromatic heterocycles. The van der Waals surface area contributed by atoms with Gasteiger partial charge in [-0.1, -0.05) is 36.2 Å². The van der Waals surface area contributed by atoms with Crippen molar-refractivity contribution in [3.05, 3.63) is 33.8 Å². The van der Waals surface area contributed by atoms with Crippen molar-refractivity contribution in [3.63, 3.8) is 0 Å². The Morgan fingerprint density at radius 3 is 2.94 bits per heavy atom. The number of rotatable bonds is 4. The molecule has 0 amide bonds. The zero-order valence-electron chi connectivity index (χ0n) is 10.6. The number of hydrogen-bond donors (Lipinski definition) is 1. The summed E-state index contributed by atoms with van der Waals surface area (Å²) < 4.78 is 0. The van der Waals surface area contributed by atoms with Crippen molar-refractivity contribution >= 4 is 35.0 Å². The van der Waals surface area contributed by atoms with Crippen LogP contribution in [0.2, 0.25) is 10.0 Å². The predicted octanol–water partition coefficient (Wildman–Crippen LogP) is 4.41. The summed E-state index contributed by atoms with van der Waals surface area (Å²) in [4.78, 5) is 0. The molecule has 0 aliphatic carbocycles. The van der Waals surface area contributed by atoms with Crippen LogP contribution in [0.5, 0.6) is 0 Å². The van der Waals surface area contributed by atoms with Gasteiger partial charge in [0.2, 0.25) is 0 Å². The number of halogens is 2. The topological polar surface area (TPSA) is 12.0 Å². The molecule has 0 radical (unpaired) electrons. The lowest BCUT2D eigenvalue weighted by atomic mass is 10.1. The largest absolute Gasteiger partial charge is 0.313 e. The highest BCUT2D eigenvalue weighted by atomic mass is 35.5. The van der Waals surface area contributed by atoms with Crippen molar-refractivity contribution in [1.29, 1.82) is 0 Å². The molecular formula is C14H19Cl2NS. The third-order valence-electron chi connectivity index (χ3n) is 3.42. The Bertz CT molecular complexity index is 397. The highest BCUT2D eigenvalue weighted by Gasteiger charge is 2.20. The van der Waals surface area contributed by atoms with Gasteiger partial charge in [-0.2, -0.15) is 11.8 Å². The Hall–Kier alpha value is 0.110. The summed E-state index contributed by atoms with van der Waals surface area (Å²) in [6.45, 7) is 3.30. The number of thioether (sulfide) groups is 1. The Morgan fingerprint density at radius 2 is 2.22 bits per heavy atom. The van der Waals surface area contributed by atoms with Gasteiger partial charge in [0.05, 0.1) is 0 Å². The van der Waals surface area contributed by atoms with E-state index in [0.29, 0.717) is 11.1 Å². The van der Waals surface area contributed by atoms with Crippen LogP contribution >= 0.6 is 35.0 Å². The number of hydrogen-bond acceptors (Lipinski definition) is 2. The summed E-state index contributed by atoms with van der Waals surface area (Å²) in [6.07, 6.45) is 3.58. The minimum Gasteiger partial charge on any atom is -0.313 e. The second-order valence-corrected chi connectivity index (χ2v) is 7.09. The van der Waals surface area contributed by atoms with Crippen LogP contribution in [-0.2, 0) is 6.42 Å². The summed E-state index contributed by atoms with van der Waals surface area (Å²) in [5.41, 5.74) is 1.17. The molecule has 1 saturated heterocycles. The second-order valence-electron chi connectivity index (χ2n) is 4.76. The van der Waals surface area contributed by atoms with Crippen LogP contribution in [0.25, 0.3) is 0 Å². The normalized spacial score (nSPS) is 24.2. The average Bonchev–Trinajstić information content (AvgIpc) is 2.34. The minimum atomic E-state index is 0.648. The van der Waals surface area contributed by atoms with E-state index in [1.54, 1.807) is 0 Å². The van der Waals surface area contributed by atoms with Gasteiger partial charge in [-0.15, -0.1) is 0 Å². The van der Waals surface area contributed by atoms with Crippen molar-refractivity contribution in [3.8, 4) is 0 Å². The first-order valence-corrected chi connectivity index (χ1v) is 8.26. The maximum atomic E-state index is 6.16. The van der Waals surface area contributed by atoms with Crippen molar-refractivity contribution < 1.29 is 0 Å². The molecule has 18 heavy (non-hydrogen) atoms. The summed E-state index contributed by atoms with van der Waals surface area (Å²) >= 11 is 14.1. The molecule has 0 bridgehead atoms. The van der Waals surface area contributed by atoms with Crippen LogP contribution in [0.3, 0.4) is 0 Å². The molecule has 1 aromatic rings. The first-order valence-electron chi connectivity index (χ1n) is 6.46. The SMILES string of the molecule is CC1SCCCC1NCCc1ccc(Cl)cc1Cl. The molecule has 2 atom stereocenters. The molecule has 1 fully saturated rings. The lowest BCUT2D eigenvalue weighted by Gasteiger charge is -2.29. The van der Waals surface area contributed by atoms with Crippen LogP contribution in [0, 0.1) is 0 Å². The molecule has 1 heterocycles. The van der Waals surface area contributed by atoms with Gasteiger partial charge in [0.1, 0.15) is 0 Å². The van der Waals surface area contributed by atoms with Gasteiger partial charge in [0.25, 0.3) is 0 Å². The second kappa shape index (κ2) is 7.04. The van der Waals surface area contributed by atoms with E-state index in [9.17, 15) is 0 Å². The van der Waals surface area contributed by atoms with E-state index in [0.717, 1.165) is 23.2 Å². The standard InChI is InChI=1S/C14H19Cl2NS/c1-10-14(3-2-8-18-10)17-7-6-11-4-5-12(15)9-13(11)16/h4-5,9-10,14,17H,2-3,6-8H2,1H3. The fourth-order valence-electron chi connectivity index (χ4n) is 2.31. The lowest BCUT2D eigenvalue weighted by Crippen LogP contribution is -2.40. The Morgan fingerprint density at radius 1 is 1.39 bits per heavy atom. The molecule has 2 rings (SSSR count). The lowest BCUT2D eigenvalue weighted by molar-refractivity contribution is 0.466. The van der Waals surface area contributed by atoms with Crippen molar-refractivity contribution in [1.82, 2.24) is 5.32 Å². The fraction of sp³-hybridized carbons (Fsp3) is 0.571. The predicted molar refractivity (Wildman–Crippen MR) is 83.1 cm³/mol. The van der Waals surface area contributed by atoms with Crippen molar-refractivity contribution in [2.75, 3.05) is 12.3 Å². The van der Waals surface area contributed by atoms with Gasteiger partial charge in [0, 0.05) is 21.3 Å². The molecule has 100 valence electrons. The minimum absolute atomic E-state index is 0.648. The smallest absolute Gasteiger partial charge is 0.0453 e. The van der Waals surface area contributed by atoms with E-state index in [-0.39, 0.29) is 0 Å². The van der Waals surface area contributed by atoms with E-state index in [2.05, 4.69) is 24.0 Å². The van der Waals surface area contributed by atoms with Gasteiger partial charge >= 0.3 is 0 Å². The van der Waals surface area contributed by atoms with Crippen LogP contribution in [0.4, 0.5) is 0 Å². The zero-order valence-corrected chi connectivity index (χ0v) is 12.9. The van der Waals surface area contributed by atoms with Crippen LogP contribution in [0.15, 0.2) is 18.2 Å². The van der Waals surface area contributed by atoms with Crippen LogP contribution in [-0.4, -0.2) is 23.6 Å². The maximum Gasteiger partial charge on any atom is 0.0453 e. The summed E-state index contributed by atoms with van der Waals surface area (Å²) in [5, 5.41) is 5.85. The van der Waals surface area contributed by atoms with E-state index in [1.807, 2.05) is 18.2 Å². The molecule has 1 N–H and O–H groups in total. The molecule has 1 aromatic carbocycles. The molecule has 0 saturated carbocycles. The third-order valence-corrected chi connectivity index (χ3v) is 5.39. The molecule has 2 unspecified atom stereocenters. The Labute approximate surface area is 124 Å². The Balaban J connectivity index is 1.81. The molecule has 4 heteroatoms. The first-order chi connectivity index (χ1) is 8.66. The zero-order chi connectivity index (χ0) is 13.0. The maximum absolute atomic E-state index is 6.16. The van der Waals surface area contributed by atoms with Gasteiger partial charge in [0.15, 0.2) is 0 Å². The van der Waals surface area contributed by atoms with Gasteiger partial charge in [-0.3, -0.25) is 0 Å². The summed E-state index contributed by atoms with van der Waals surface area (Å²) in [5.74, 6) is 1.31. The number of nitrogens with one attached hydrogen (secondary N) is 1. The van der Waals surface area contributed by atoms with Crippen molar-refractivity contribution in [2.45, 2.75) is 37.5 Å². The van der Waals surface area contributed by atoms with Crippen LogP contribution in [0.1, 0.15) is 25.3 Å². The summed E-state index contributed by atoms with van der Waals surface area (Å²) in [7, 11) is 0. The van der Waals surface area contributed by atoms with Gasteiger partial charge in [-0.25, -0.2) is 0 Å². The van der Waals surface area contributed by atoms with Gasteiger partial charge < -0.3 is 5.32 Å². The highest BCUT2D eigenvalue weighted by Crippen LogP contribution is 2.25. The summed E-state index contributed by atoms with van der Waals surface area (Å²) in [6, 6.07) is 6.39. The molecule has 1 aliphatic heterocycles. The van der Waals surface area contributed by atoms with E-state index < -0.39 is 0 Å². The Kier molecular flexibility index (Phi) is 5.68. The fourth-order valence-corrected chi connectivity index (χ4v) is 3.98. The van der Waals surface area contributed by atoms with E-state index in [4.69, 9.17) is 23.2 Å². The molecule has 1 aliphatic rings. The molecule has 1 nitrogen and oxygen atoms in total. The highest BCUT2D eigenvalue weighted by molar-refractivity contribution is 7.99. The van der Waals surface area contributed by atoms with E-state index >= 15 is 0 Å². The first kappa shape index (κ1) is 14.5. The van der Waals surface area contributed by atoms with Crippen LogP contribution < -0.4 is 5.32 Å². The molecule has 0 spiro atoms. The number of benzene rings is 1. The van der Waals surface area contributed by atoms with Crippen molar-refractivity contribution in [2.24, 2.45) is 0 Å².